The largest absolute Gasteiger partial charge is 0.360 e. The van der Waals surface area contributed by atoms with Gasteiger partial charge in [0.05, 0.1) is 0 Å². The minimum Gasteiger partial charge on any atom is -0.360 e. The number of hydrogen-bond donors (Lipinski definition) is 1. The van der Waals surface area contributed by atoms with E-state index in [2.05, 4.69) is 37.1 Å². The average Bonchev–Trinajstić information content (AvgIpc) is 3.01. The van der Waals surface area contributed by atoms with Crippen LogP contribution in [0.25, 0.3) is 0 Å². The number of nitrogens with one attached hydrogen (secondary N) is 1. The van der Waals surface area contributed by atoms with Crippen LogP contribution < -0.4 is 9.62 Å². The number of aromatic nitrogens is 3. The topological polar surface area (TPSA) is 101 Å². The maximum atomic E-state index is 12.6. The molecule has 4 rings (SSSR count). The highest BCUT2D eigenvalue weighted by Crippen LogP contribution is 2.32. The third kappa shape index (κ3) is 3.25. The van der Waals surface area contributed by atoms with E-state index in [0.29, 0.717) is 11.5 Å². The van der Waals surface area contributed by atoms with Gasteiger partial charge >= 0.3 is 0 Å². The van der Waals surface area contributed by atoms with Crippen LogP contribution in [-0.4, -0.2) is 30.3 Å². The summed E-state index contributed by atoms with van der Waals surface area (Å²) in [5, 5.41) is 12.0. The van der Waals surface area contributed by atoms with Crippen molar-refractivity contribution in [2.75, 3.05) is 16.2 Å². The first-order valence-electron chi connectivity index (χ1n) is 8.60. The molecule has 0 aliphatic carbocycles. The first-order valence-corrected chi connectivity index (χ1v) is 10.1. The molecule has 1 aromatic carbocycles. The Morgan fingerprint density at radius 2 is 1.93 bits per heavy atom. The third-order valence-corrected chi connectivity index (χ3v) is 6.11. The molecule has 0 fully saturated rings. The van der Waals surface area contributed by atoms with Gasteiger partial charge in [0.1, 0.15) is 5.69 Å². The summed E-state index contributed by atoms with van der Waals surface area (Å²) in [6, 6.07) is 11.6. The Kier molecular flexibility index (Phi) is 4.31. The zero-order chi connectivity index (χ0) is 19.0. The summed E-state index contributed by atoms with van der Waals surface area (Å²) in [5.74, 6) is 1.06. The van der Waals surface area contributed by atoms with E-state index in [1.165, 1.54) is 5.56 Å². The molecule has 140 valence electrons. The van der Waals surface area contributed by atoms with Gasteiger partial charge in [0.2, 0.25) is 0 Å². The highest BCUT2D eigenvalue weighted by molar-refractivity contribution is 7.92. The smallest absolute Gasteiger partial charge is 0.268 e. The Hall–Kier alpha value is -2.94. The summed E-state index contributed by atoms with van der Waals surface area (Å²) in [6.07, 6.45) is 2.06. The molecule has 0 amide bonds. The van der Waals surface area contributed by atoms with Gasteiger partial charge in [0, 0.05) is 12.2 Å². The van der Waals surface area contributed by atoms with Crippen LogP contribution in [0.2, 0.25) is 0 Å². The Morgan fingerprint density at radius 3 is 2.63 bits per heavy atom. The highest BCUT2D eigenvalue weighted by atomic mass is 32.2. The Morgan fingerprint density at radius 1 is 1.11 bits per heavy atom. The number of para-hydroxylation sites is 1. The average molecular weight is 385 g/mol. The van der Waals surface area contributed by atoms with E-state index < -0.39 is 10.0 Å². The van der Waals surface area contributed by atoms with Crippen LogP contribution in [0.15, 0.2) is 45.8 Å². The fourth-order valence-corrected chi connectivity index (χ4v) is 4.67. The molecule has 0 atom stereocenters. The second-order valence-corrected chi connectivity index (χ2v) is 8.04. The van der Waals surface area contributed by atoms with Gasteiger partial charge in [0.15, 0.2) is 22.3 Å². The van der Waals surface area contributed by atoms with Crippen LogP contribution in [0.1, 0.15) is 23.4 Å². The Labute approximate surface area is 157 Å². The minimum atomic E-state index is -3.84. The number of rotatable bonds is 4. The number of anilines is 3. The van der Waals surface area contributed by atoms with Crippen molar-refractivity contribution in [2.24, 2.45) is 0 Å². The fraction of sp³-hybridized carbons (Fsp3) is 0.278. The second kappa shape index (κ2) is 6.66. The molecule has 3 aromatic rings. The summed E-state index contributed by atoms with van der Waals surface area (Å²) < 4.78 is 32.5. The normalized spacial score (nSPS) is 14.1. The third-order valence-electron chi connectivity index (χ3n) is 4.51. The molecule has 27 heavy (non-hydrogen) atoms. The van der Waals surface area contributed by atoms with Crippen LogP contribution in [0.4, 0.5) is 17.3 Å². The van der Waals surface area contributed by atoms with E-state index in [-0.39, 0.29) is 16.5 Å². The molecule has 8 nitrogen and oxygen atoms in total. The predicted octanol–water partition coefficient (Wildman–Crippen LogP) is 2.97. The van der Waals surface area contributed by atoms with E-state index in [1.807, 2.05) is 12.1 Å². The molecule has 3 heterocycles. The first-order chi connectivity index (χ1) is 13.0. The van der Waals surface area contributed by atoms with E-state index in [1.54, 1.807) is 26.0 Å². The number of hydrogen-bond acceptors (Lipinski definition) is 7. The first kappa shape index (κ1) is 17.5. The number of aryl methyl sites for hydroxylation is 3. The van der Waals surface area contributed by atoms with Crippen molar-refractivity contribution in [3.8, 4) is 0 Å². The number of sulfonamides is 1. The molecule has 0 bridgehead atoms. The van der Waals surface area contributed by atoms with Gasteiger partial charge in [0.25, 0.3) is 10.0 Å². The zero-order valence-electron chi connectivity index (χ0n) is 15.0. The molecule has 1 aliphatic heterocycles. The molecule has 0 saturated heterocycles. The molecular formula is C18H19N5O3S. The molecule has 0 unspecified atom stereocenters. The Balaban J connectivity index is 1.59. The lowest BCUT2D eigenvalue weighted by Gasteiger charge is -2.29. The fourth-order valence-electron chi connectivity index (χ4n) is 3.34. The minimum absolute atomic E-state index is 0.0262. The van der Waals surface area contributed by atoms with E-state index >= 15 is 0 Å². The summed E-state index contributed by atoms with van der Waals surface area (Å²) in [6.45, 7) is 3.97. The lowest BCUT2D eigenvalue weighted by atomic mass is 10.0. The SMILES string of the molecule is Cc1noc(C)c1S(=O)(=O)Nc1ccc(N2CCCc3ccccc32)nn1. The van der Waals surface area contributed by atoms with Crippen LogP contribution in [0.5, 0.6) is 0 Å². The molecule has 0 radical (unpaired) electrons. The molecular weight excluding hydrogens is 366 g/mol. The van der Waals surface area contributed by atoms with Crippen LogP contribution in [-0.2, 0) is 16.4 Å². The molecule has 1 aliphatic rings. The van der Waals surface area contributed by atoms with Crippen molar-refractivity contribution < 1.29 is 12.9 Å². The lowest BCUT2D eigenvalue weighted by molar-refractivity contribution is 0.390. The summed E-state index contributed by atoms with van der Waals surface area (Å²) in [7, 11) is -3.84. The maximum Gasteiger partial charge on any atom is 0.268 e. The van der Waals surface area contributed by atoms with Crippen molar-refractivity contribution in [3.63, 3.8) is 0 Å². The van der Waals surface area contributed by atoms with E-state index in [0.717, 1.165) is 25.1 Å². The lowest BCUT2D eigenvalue weighted by Crippen LogP contribution is -2.25. The van der Waals surface area contributed by atoms with Crippen molar-refractivity contribution in [3.05, 3.63) is 53.4 Å². The van der Waals surface area contributed by atoms with Gasteiger partial charge in [-0.1, -0.05) is 23.4 Å². The zero-order valence-corrected chi connectivity index (χ0v) is 15.8. The molecule has 0 saturated carbocycles. The summed E-state index contributed by atoms with van der Waals surface area (Å²) in [4.78, 5) is 2.12. The van der Waals surface area contributed by atoms with Crippen LogP contribution in [0.3, 0.4) is 0 Å². The number of fused-ring (bicyclic) bond motifs is 1. The quantitative estimate of drug-likeness (QED) is 0.737. The van der Waals surface area contributed by atoms with Crippen molar-refractivity contribution in [1.82, 2.24) is 15.4 Å². The van der Waals surface area contributed by atoms with Crippen molar-refractivity contribution >= 4 is 27.3 Å². The summed E-state index contributed by atoms with van der Waals surface area (Å²) in [5.41, 5.74) is 2.69. The molecule has 9 heteroatoms. The van der Waals surface area contributed by atoms with Crippen molar-refractivity contribution in [1.29, 1.82) is 0 Å². The van der Waals surface area contributed by atoms with Crippen molar-refractivity contribution in [2.45, 2.75) is 31.6 Å². The van der Waals surface area contributed by atoms with E-state index in [9.17, 15) is 8.42 Å². The number of nitrogens with zero attached hydrogens (tertiary/aromatic N) is 4. The second-order valence-electron chi connectivity index (χ2n) is 6.42. The standard InChI is InChI=1S/C18H19N5O3S/c1-12-18(13(2)26-21-12)27(24,25)22-16-9-10-17(20-19-16)23-11-5-7-14-6-3-4-8-15(14)23/h3-4,6,8-10H,5,7,11H2,1-2H3,(H,19,22). The molecule has 2 aromatic heterocycles. The summed E-state index contributed by atoms with van der Waals surface area (Å²) >= 11 is 0. The van der Waals surface area contributed by atoms with Crippen LogP contribution in [0, 0.1) is 13.8 Å². The molecule has 0 spiro atoms. The maximum absolute atomic E-state index is 12.6. The predicted molar refractivity (Wildman–Crippen MR) is 101 cm³/mol. The Bertz CT molecular complexity index is 1060. The van der Waals surface area contributed by atoms with Gasteiger partial charge < -0.3 is 9.42 Å². The van der Waals surface area contributed by atoms with Crippen LogP contribution >= 0.6 is 0 Å². The monoisotopic (exact) mass is 385 g/mol. The van der Waals surface area contributed by atoms with Gasteiger partial charge in [-0.05, 0) is 50.5 Å². The van der Waals surface area contributed by atoms with Gasteiger partial charge in [-0.25, -0.2) is 8.42 Å². The van der Waals surface area contributed by atoms with Gasteiger partial charge in [-0.3, -0.25) is 4.72 Å². The van der Waals surface area contributed by atoms with Gasteiger partial charge in [-0.15, -0.1) is 10.2 Å². The highest BCUT2D eigenvalue weighted by Gasteiger charge is 2.25. The van der Waals surface area contributed by atoms with Gasteiger partial charge in [-0.2, -0.15) is 0 Å². The molecule has 1 N–H and O–H groups in total. The number of benzene rings is 1. The van der Waals surface area contributed by atoms with E-state index in [4.69, 9.17) is 4.52 Å².